The van der Waals surface area contributed by atoms with Crippen molar-refractivity contribution in [2.24, 2.45) is 0 Å². The molecule has 4 rings (SSSR count). The van der Waals surface area contributed by atoms with Crippen LogP contribution in [-0.4, -0.2) is 10.5 Å². The SMILES string of the molecule is N#C/C(=C/c1cn(Cc2ccc(F)cc2)c2ccccc12)C(=O)Nc1ccccc1. The number of halogens is 1. The van der Waals surface area contributed by atoms with Gasteiger partial charge in [-0.05, 0) is 42.0 Å². The van der Waals surface area contributed by atoms with E-state index in [1.54, 1.807) is 30.3 Å². The van der Waals surface area contributed by atoms with Crippen LogP contribution >= 0.6 is 0 Å². The molecule has 3 aromatic carbocycles. The zero-order valence-corrected chi connectivity index (χ0v) is 16.0. The largest absolute Gasteiger partial charge is 0.342 e. The lowest BCUT2D eigenvalue weighted by Crippen LogP contribution is -2.13. The molecule has 146 valence electrons. The molecular weight excluding hydrogens is 377 g/mol. The van der Waals surface area contributed by atoms with Crippen molar-refractivity contribution >= 4 is 28.6 Å². The normalized spacial score (nSPS) is 11.3. The average Bonchev–Trinajstić information content (AvgIpc) is 3.11. The van der Waals surface area contributed by atoms with Crippen LogP contribution in [0.15, 0.2) is 90.6 Å². The first-order valence-electron chi connectivity index (χ1n) is 9.44. The van der Waals surface area contributed by atoms with Crippen molar-refractivity contribution in [3.8, 4) is 6.07 Å². The van der Waals surface area contributed by atoms with Crippen LogP contribution < -0.4 is 5.32 Å². The van der Waals surface area contributed by atoms with E-state index in [0.29, 0.717) is 12.2 Å². The van der Waals surface area contributed by atoms with Gasteiger partial charge in [-0.1, -0.05) is 48.5 Å². The number of para-hydroxylation sites is 2. The topological polar surface area (TPSA) is 57.8 Å². The lowest BCUT2D eigenvalue weighted by Gasteiger charge is -2.05. The maximum atomic E-state index is 13.2. The number of benzene rings is 3. The van der Waals surface area contributed by atoms with E-state index in [-0.39, 0.29) is 11.4 Å². The van der Waals surface area contributed by atoms with Crippen molar-refractivity contribution in [3.63, 3.8) is 0 Å². The van der Waals surface area contributed by atoms with Gasteiger partial charge < -0.3 is 9.88 Å². The van der Waals surface area contributed by atoms with Gasteiger partial charge in [0.2, 0.25) is 0 Å². The van der Waals surface area contributed by atoms with Gasteiger partial charge in [0.05, 0.1) is 0 Å². The van der Waals surface area contributed by atoms with Crippen molar-refractivity contribution in [1.29, 1.82) is 5.26 Å². The Bertz CT molecular complexity index is 1270. The summed E-state index contributed by atoms with van der Waals surface area (Å²) < 4.78 is 15.2. The summed E-state index contributed by atoms with van der Waals surface area (Å²) in [7, 11) is 0. The fraction of sp³-hybridized carbons (Fsp3) is 0.0400. The van der Waals surface area contributed by atoms with Crippen LogP contribution in [-0.2, 0) is 11.3 Å². The van der Waals surface area contributed by atoms with E-state index >= 15 is 0 Å². The monoisotopic (exact) mass is 395 g/mol. The second-order valence-electron chi connectivity index (χ2n) is 6.85. The number of anilines is 1. The summed E-state index contributed by atoms with van der Waals surface area (Å²) >= 11 is 0. The maximum Gasteiger partial charge on any atom is 0.266 e. The van der Waals surface area contributed by atoms with Gasteiger partial charge in [-0.15, -0.1) is 0 Å². The highest BCUT2D eigenvalue weighted by Gasteiger charge is 2.13. The van der Waals surface area contributed by atoms with Crippen molar-refractivity contribution in [3.05, 3.63) is 108 Å². The van der Waals surface area contributed by atoms with E-state index in [0.717, 1.165) is 22.0 Å². The van der Waals surface area contributed by atoms with Crippen LogP contribution in [0.1, 0.15) is 11.1 Å². The van der Waals surface area contributed by atoms with E-state index in [9.17, 15) is 14.4 Å². The highest BCUT2D eigenvalue weighted by molar-refractivity contribution is 6.10. The molecule has 0 saturated heterocycles. The van der Waals surface area contributed by atoms with Crippen LogP contribution in [0, 0.1) is 17.1 Å². The Morgan fingerprint density at radius 2 is 1.70 bits per heavy atom. The number of hydrogen-bond acceptors (Lipinski definition) is 2. The van der Waals surface area contributed by atoms with Gasteiger partial charge in [0.15, 0.2) is 0 Å². The minimum atomic E-state index is -0.459. The summed E-state index contributed by atoms with van der Waals surface area (Å²) in [6.45, 7) is 0.548. The number of amides is 1. The fourth-order valence-electron chi connectivity index (χ4n) is 3.33. The third-order valence-electron chi connectivity index (χ3n) is 4.78. The quantitative estimate of drug-likeness (QED) is 0.365. The van der Waals surface area contributed by atoms with Gasteiger partial charge in [0.1, 0.15) is 17.5 Å². The molecule has 0 atom stereocenters. The van der Waals surface area contributed by atoms with Crippen LogP contribution in [0.2, 0.25) is 0 Å². The number of carbonyl (C=O) groups excluding carboxylic acids is 1. The van der Waals surface area contributed by atoms with Crippen molar-refractivity contribution < 1.29 is 9.18 Å². The number of rotatable bonds is 5. The predicted molar refractivity (Wildman–Crippen MR) is 116 cm³/mol. The smallest absolute Gasteiger partial charge is 0.266 e. The van der Waals surface area contributed by atoms with E-state index in [1.165, 1.54) is 12.1 Å². The molecule has 5 heteroatoms. The Morgan fingerprint density at radius 1 is 1.00 bits per heavy atom. The molecule has 1 aromatic heterocycles. The maximum absolute atomic E-state index is 13.2. The number of nitrogens with one attached hydrogen (secondary N) is 1. The number of nitrogens with zero attached hydrogens (tertiary/aromatic N) is 2. The summed E-state index contributed by atoms with van der Waals surface area (Å²) in [4.78, 5) is 12.6. The summed E-state index contributed by atoms with van der Waals surface area (Å²) in [6.07, 6.45) is 3.50. The Labute approximate surface area is 173 Å². The lowest BCUT2D eigenvalue weighted by molar-refractivity contribution is -0.112. The molecule has 1 N–H and O–H groups in total. The van der Waals surface area contributed by atoms with Gasteiger partial charge in [0.25, 0.3) is 5.91 Å². The third kappa shape index (κ3) is 4.13. The first kappa shape index (κ1) is 19.2. The Morgan fingerprint density at radius 3 is 2.43 bits per heavy atom. The molecule has 0 radical (unpaired) electrons. The molecule has 0 saturated carbocycles. The molecule has 30 heavy (non-hydrogen) atoms. The number of hydrogen-bond donors (Lipinski definition) is 1. The molecule has 0 spiro atoms. The zero-order valence-electron chi connectivity index (χ0n) is 16.0. The molecule has 4 nitrogen and oxygen atoms in total. The van der Waals surface area contributed by atoms with Crippen LogP contribution in [0.4, 0.5) is 10.1 Å². The number of aromatic nitrogens is 1. The molecule has 0 aliphatic heterocycles. The molecule has 1 amide bonds. The van der Waals surface area contributed by atoms with E-state index in [4.69, 9.17) is 0 Å². The zero-order chi connectivity index (χ0) is 20.9. The first-order valence-corrected chi connectivity index (χ1v) is 9.44. The standard InChI is InChI=1S/C25H18FN3O/c26-21-12-10-18(11-13-21)16-29-17-20(23-8-4-5-9-24(23)29)14-19(15-27)25(30)28-22-6-2-1-3-7-22/h1-14,17H,16H2,(H,28,30)/b19-14-. The lowest BCUT2D eigenvalue weighted by atomic mass is 10.1. The molecule has 0 aliphatic carbocycles. The van der Waals surface area contributed by atoms with E-state index in [1.807, 2.05) is 59.3 Å². The summed E-state index contributed by atoms with van der Waals surface area (Å²) in [5.41, 5.74) is 3.34. The summed E-state index contributed by atoms with van der Waals surface area (Å²) in [5, 5.41) is 13.2. The van der Waals surface area contributed by atoms with E-state index in [2.05, 4.69) is 5.32 Å². The van der Waals surface area contributed by atoms with Crippen LogP contribution in [0.3, 0.4) is 0 Å². The highest BCUT2D eigenvalue weighted by atomic mass is 19.1. The predicted octanol–water partition coefficient (Wildman–Crippen LogP) is 5.37. The minimum absolute atomic E-state index is 0.0172. The molecule has 4 aromatic rings. The molecular formula is C25H18FN3O. The molecule has 1 heterocycles. The van der Waals surface area contributed by atoms with Crippen molar-refractivity contribution in [2.45, 2.75) is 6.54 Å². The Hall–Kier alpha value is -4.17. The van der Waals surface area contributed by atoms with Crippen LogP contribution in [0.25, 0.3) is 17.0 Å². The Balaban J connectivity index is 1.68. The number of nitriles is 1. The minimum Gasteiger partial charge on any atom is -0.342 e. The van der Waals surface area contributed by atoms with Gasteiger partial charge in [-0.25, -0.2) is 4.39 Å². The molecule has 0 bridgehead atoms. The second kappa shape index (κ2) is 8.46. The van der Waals surface area contributed by atoms with Crippen molar-refractivity contribution in [1.82, 2.24) is 4.57 Å². The average molecular weight is 395 g/mol. The van der Waals surface area contributed by atoms with Gasteiger partial charge in [-0.3, -0.25) is 4.79 Å². The van der Waals surface area contributed by atoms with Gasteiger partial charge in [-0.2, -0.15) is 5.26 Å². The molecule has 0 aliphatic rings. The number of carbonyl (C=O) groups is 1. The molecule has 0 fully saturated rings. The third-order valence-corrected chi connectivity index (χ3v) is 4.78. The van der Waals surface area contributed by atoms with Crippen molar-refractivity contribution in [2.75, 3.05) is 5.32 Å². The van der Waals surface area contributed by atoms with Crippen LogP contribution in [0.5, 0.6) is 0 Å². The van der Waals surface area contributed by atoms with E-state index < -0.39 is 5.91 Å². The summed E-state index contributed by atoms with van der Waals surface area (Å²) in [5.74, 6) is -0.734. The van der Waals surface area contributed by atoms with Gasteiger partial charge in [0, 0.05) is 34.9 Å². The number of fused-ring (bicyclic) bond motifs is 1. The Kier molecular flexibility index (Phi) is 5.40. The first-order chi connectivity index (χ1) is 14.6. The molecule has 0 unspecified atom stereocenters. The second-order valence-corrected chi connectivity index (χ2v) is 6.85. The highest BCUT2D eigenvalue weighted by Crippen LogP contribution is 2.25. The summed E-state index contributed by atoms with van der Waals surface area (Å²) in [6, 6.07) is 25.1. The van der Waals surface area contributed by atoms with Gasteiger partial charge >= 0.3 is 0 Å². The fourth-order valence-corrected chi connectivity index (χ4v) is 3.33.